The largest absolute Gasteiger partial charge is 0.0622 e. The highest BCUT2D eigenvalue weighted by Gasteiger charge is 2.43. The molecule has 0 radical (unpaired) electrons. The van der Waals surface area contributed by atoms with E-state index in [2.05, 4.69) is 60.7 Å². The van der Waals surface area contributed by atoms with Gasteiger partial charge in [-0.15, -0.1) is 0 Å². The molecule has 3 rings (SSSR count). The molecule has 80 valence electrons. The zero-order valence-electron chi connectivity index (χ0n) is 9.39. The molecule has 0 aliphatic heterocycles. The van der Waals surface area contributed by atoms with E-state index in [0.29, 0.717) is 5.41 Å². The molecule has 0 spiro atoms. The molecule has 0 amide bonds. The Morgan fingerprint density at radius 3 is 1.88 bits per heavy atom. The molecular weight excluding hydrogens is 192 g/mol. The van der Waals surface area contributed by atoms with Crippen molar-refractivity contribution in [3.63, 3.8) is 0 Å². The van der Waals surface area contributed by atoms with Crippen molar-refractivity contribution in [2.75, 3.05) is 0 Å². The quantitative estimate of drug-likeness (QED) is 0.716. The standard InChI is InChI=1S/C16H16/c1-3-7-14(8-4-1)13-16(11-12-16)15-9-5-2-6-10-15/h1-10H,11-13H2. The van der Waals surface area contributed by atoms with Gasteiger partial charge in [0.1, 0.15) is 0 Å². The van der Waals surface area contributed by atoms with E-state index < -0.39 is 0 Å². The van der Waals surface area contributed by atoms with Crippen LogP contribution in [0.2, 0.25) is 0 Å². The van der Waals surface area contributed by atoms with Gasteiger partial charge in [0.2, 0.25) is 0 Å². The fraction of sp³-hybridized carbons (Fsp3) is 0.250. The summed E-state index contributed by atoms with van der Waals surface area (Å²) in [5.41, 5.74) is 3.42. The van der Waals surface area contributed by atoms with Crippen molar-refractivity contribution < 1.29 is 0 Å². The van der Waals surface area contributed by atoms with Crippen molar-refractivity contribution in [3.05, 3.63) is 71.8 Å². The van der Waals surface area contributed by atoms with Crippen molar-refractivity contribution >= 4 is 0 Å². The monoisotopic (exact) mass is 208 g/mol. The van der Waals surface area contributed by atoms with E-state index in [9.17, 15) is 0 Å². The Bertz CT molecular complexity index is 452. The number of rotatable bonds is 3. The molecule has 0 unspecified atom stereocenters. The predicted molar refractivity (Wildman–Crippen MR) is 67.5 cm³/mol. The van der Waals surface area contributed by atoms with Crippen molar-refractivity contribution in [2.24, 2.45) is 0 Å². The lowest BCUT2D eigenvalue weighted by Gasteiger charge is -2.15. The van der Waals surface area contributed by atoms with Crippen LogP contribution in [0.4, 0.5) is 0 Å². The summed E-state index contributed by atoms with van der Waals surface area (Å²) < 4.78 is 0. The lowest BCUT2D eigenvalue weighted by atomic mass is 9.89. The van der Waals surface area contributed by atoms with Gasteiger partial charge < -0.3 is 0 Å². The Morgan fingerprint density at radius 1 is 0.750 bits per heavy atom. The Balaban J connectivity index is 1.86. The fourth-order valence-electron chi connectivity index (χ4n) is 2.50. The summed E-state index contributed by atoms with van der Waals surface area (Å²) in [6.07, 6.45) is 3.87. The average Bonchev–Trinajstić information content (AvgIpc) is 3.13. The third-order valence-electron chi connectivity index (χ3n) is 3.63. The summed E-state index contributed by atoms with van der Waals surface area (Å²) in [4.78, 5) is 0. The van der Waals surface area contributed by atoms with Gasteiger partial charge in [-0.3, -0.25) is 0 Å². The van der Waals surface area contributed by atoms with Gasteiger partial charge in [-0.05, 0) is 35.8 Å². The fourth-order valence-corrected chi connectivity index (χ4v) is 2.50. The Morgan fingerprint density at radius 2 is 1.31 bits per heavy atom. The maximum absolute atomic E-state index is 2.27. The van der Waals surface area contributed by atoms with E-state index in [1.54, 1.807) is 0 Å². The van der Waals surface area contributed by atoms with Gasteiger partial charge in [-0.25, -0.2) is 0 Å². The van der Waals surface area contributed by atoms with Crippen LogP contribution in [0.1, 0.15) is 24.0 Å². The molecule has 0 aromatic heterocycles. The van der Waals surface area contributed by atoms with Gasteiger partial charge in [0.15, 0.2) is 0 Å². The number of hydrogen-bond donors (Lipinski definition) is 0. The van der Waals surface area contributed by atoms with Gasteiger partial charge in [-0.1, -0.05) is 60.7 Å². The van der Waals surface area contributed by atoms with Crippen LogP contribution in [-0.2, 0) is 11.8 Å². The molecule has 16 heavy (non-hydrogen) atoms. The van der Waals surface area contributed by atoms with Crippen molar-refractivity contribution in [1.29, 1.82) is 0 Å². The van der Waals surface area contributed by atoms with Crippen molar-refractivity contribution in [1.82, 2.24) is 0 Å². The van der Waals surface area contributed by atoms with Gasteiger partial charge in [0.05, 0.1) is 0 Å². The van der Waals surface area contributed by atoms with Gasteiger partial charge in [0, 0.05) is 0 Å². The smallest absolute Gasteiger partial charge is 0.000601 e. The molecule has 0 N–H and O–H groups in total. The van der Waals surface area contributed by atoms with Gasteiger partial charge >= 0.3 is 0 Å². The summed E-state index contributed by atoms with van der Waals surface area (Å²) in [7, 11) is 0. The molecule has 1 aliphatic rings. The van der Waals surface area contributed by atoms with Crippen molar-refractivity contribution in [3.8, 4) is 0 Å². The van der Waals surface area contributed by atoms with Crippen LogP contribution in [-0.4, -0.2) is 0 Å². The summed E-state index contributed by atoms with van der Waals surface area (Å²) in [5, 5.41) is 0. The van der Waals surface area contributed by atoms with E-state index in [0.717, 1.165) is 0 Å². The molecule has 2 aromatic rings. The Kier molecular flexibility index (Phi) is 2.28. The number of hydrogen-bond acceptors (Lipinski definition) is 0. The highest BCUT2D eigenvalue weighted by molar-refractivity contribution is 5.34. The molecule has 0 bridgehead atoms. The summed E-state index contributed by atoms with van der Waals surface area (Å²) in [5.74, 6) is 0. The van der Waals surface area contributed by atoms with Gasteiger partial charge in [-0.2, -0.15) is 0 Å². The van der Waals surface area contributed by atoms with Crippen LogP contribution in [0.5, 0.6) is 0 Å². The Hall–Kier alpha value is -1.56. The van der Waals surface area contributed by atoms with E-state index >= 15 is 0 Å². The second kappa shape index (κ2) is 3.79. The predicted octanol–water partition coefficient (Wildman–Crippen LogP) is 3.96. The lowest BCUT2D eigenvalue weighted by molar-refractivity contribution is 0.688. The highest BCUT2D eigenvalue weighted by Crippen LogP contribution is 2.50. The van der Waals surface area contributed by atoms with Gasteiger partial charge in [0.25, 0.3) is 0 Å². The molecule has 1 aliphatic carbocycles. The summed E-state index contributed by atoms with van der Waals surface area (Å²) in [6, 6.07) is 21.8. The van der Waals surface area contributed by atoms with E-state index in [1.165, 1.54) is 30.4 Å². The molecule has 0 atom stereocenters. The van der Waals surface area contributed by atoms with Crippen molar-refractivity contribution in [2.45, 2.75) is 24.7 Å². The molecule has 0 heterocycles. The normalized spacial score (nSPS) is 17.0. The van der Waals surface area contributed by atoms with Crippen LogP contribution < -0.4 is 0 Å². The first kappa shape index (κ1) is 9.65. The van der Waals surface area contributed by atoms with Crippen LogP contribution in [0.15, 0.2) is 60.7 Å². The first-order valence-electron chi connectivity index (χ1n) is 5.99. The lowest BCUT2D eigenvalue weighted by Crippen LogP contribution is -2.10. The molecule has 2 aromatic carbocycles. The molecule has 1 fully saturated rings. The maximum Gasteiger partial charge on any atom is -0.000601 e. The summed E-state index contributed by atoms with van der Waals surface area (Å²) in [6.45, 7) is 0. The third kappa shape index (κ3) is 1.76. The zero-order chi connectivity index (χ0) is 10.8. The Labute approximate surface area is 96.9 Å². The first-order chi connectivity index (χ1) is 7.89. The maximum atomic E-state index is 2.27. The minimum atomic E-state index is 0.447. The molecule has 0 saturated heterocycles. The van der Waals surface area contributed by atoms with Crippen LogP contribution in [0, 0.1) is 0 Å². The third-order valence-corrected chi connectivity index (χ3v) is 3.63. The topological polar surface area (TPSA) is 0 Å². The van der Waals surface area contributed by atoms with E-state index in [1.807, 2.05) is 0 Å². The minimum Gasteiger partial charge on any atom is -0.0622 e. The van der Waals surface area contributed by atoms with E-state index in [4.69, 9.17) is 0 Å². The summed E-state index contributed by atoms with van der Waals surface area (Å²) >= 11 is 0. The van der Waals surface area contributed by atoms with Crippen LogP contribution >= 0.6 is 0 Å². The second-order valence-electron chi connectivity index (χ2n) is 4.81. The van der Waals surface area contributed by atoms with Crippen LogP contribution in [0.25, 0.3) is 0 Å². The molecular formula is C16H16. The highest BCUT2D eigenvalue weighted by atomic mass is 14.5. The molecule has 1 saturated carbocycles. The SMILES string of the molecule is c1ccc(CC2(c3ccccc3)CC2)cc1. The second-order valence-corrected chi connectivity index (χ2v) is 4.81. The number of benzene rings is 2. The average molecular weight is 208 g/mol. The molecule has 0 nitrogen and oxygen atoms in total. The minimum absolute atomic E-state index is 0.447. The van der Waals surface area contributed by atoms with Crippen LogP contribution in [0.3, 0.4) is 0 Å². The van der Waals surface area contributed by atoms with E-state index in [-0.39, 0.29) is 0 Å². The molecule has 0 heteroatoms. The zero-order valence-corrected chi connectivity index (χ0v) is 9.39. The first-order valence-corrected chi connectivity index (χ1v) is 5.99.